The van der Waals surface area contributed by atoms with Gasteiger partial charge in [-0.15, -0.1) is 0 Å². The van der Waals surface area contributed by atoms with Crippen LogP contribution in [0.25, 0.3) is 10.8 Å². The Bertz CT molecular complexity index is 556. The number of aromatic nitrogens is 1. The summed E-state index contributed by atoms with van der Waals surface area (Å²) in [5.74, 6) is 1.30. The molecule has 0 aliphatic heterocycles. The Morgan fingerprint density at radius 2 is 1.94 bits per heavy atom. The monoisotopic (exact) mass is 228 g/mol. The van der Waals surface area contributed by atoms with E-state index >= 15 is 0 Å². The van der Waals surface area contributed by atoms with Crippen LogP contribution in [0.15, 0.2) is 18.3 Å². The van der Waals surface area contributed by atoms with Crippen molar-refractivity contribution < 1.29 is 0 Å². The van der Waals surface area contributed by atoms with Gasteiger partial charge in [0, 0.05) is 11.6 Å². The third-order valence-corrected chi connectivity index (χ3v) is 3.33. The molecule has 0 atom stereocenters. The van der Waals surface area contributed by atoms with Gasteiger partial charge in [-0.3, -0.25) is 0 Å². The largest absolute Gasteiger partial charge is 0.383 e. The van der Waals surface area contributed by atoms with Gasteiger partial charge in [0.2, 0.25) is 0 Å². The molecule has 2 aromatic rings. The fraction of sp³-hybridized carbons (Fsp3) is 0.400. The summed E-state index contributed by atoms with van der Waals surface area (Å²) < 4.78 is 0. The molecule has 1 heterocycles. The Morgan fingerprint density at radius 3 is 2.59 bits per heavy atom. The second-order valence-electron chi connectivity index (χ2n) is 5.19. The molecule has 0 radical (unpaired) electrons. The van der Waals surface area contributed by atoms with Crippen molar-refractivity contribution in [3.63, 3.8) is 0 Å². The van der Waals surface area contributed by atoms with Gasteiger partial charge in [0.15, 0.2) is 0 Å². The third kappa shape index (κ3) is 2.12. The lowest BCUT2D eigenvalue weighted by molar-refractivity contribution is 0.643. The second-order valence-corrected chi connectivity index (χ2v) is 5.19. The van der Waals surface area contributed by atoms with Gasteiger partial charge in [-0.1, -0.05) is 13.8 Å². The topological polar surface area (TPSA) is 38.9 Å². The smallest absolute Gasteiger partial charge is 0.131 e. The number of pyridine rings is 1. The van der Waals surface area contributed by atoms with E-state index in [1.165, 1.54) is 22.1 Å². The highest BCUT2D eigenvalue weighted by Crippen LogP contribution is 2.29. The number of nitrogen functional groups attached to an aromatic ring is 1. The lowest BCUT2D eigenvalue weighted by Crippen LogP contribution is -2.02. The first-order chi connectivity index (χ1) is 8.00. The zero-order valence-corrected chi connectivity index (χ0v) is 11.0. The molecule has 2 nitrogen and oxygen atoms in total. The lowest BCUT2D eigenvalue weighted by atomic mass is 9.91. The Morgan fingerprint density at radius 1 is 1.24 bits per heavy atom. The highest BCUT2D eigenvalue weighted by Gasteiger charge is 2.10. The van der Waals surface area contributed by atoms with Crippen LogP contribution in [-0.4, -0.2) is 4.98 Å². The first-order valence-corrected chi connectivity index (χ1v) is 6.14. The Hall–Kier alpha value is -1.57. The minimum Gasteiger partial charge on any atom is -0.383 e. The molecule has 90 valence electrons. The van der Waals surface area contributed by atoms with Crippen molar-refractivity contribution in [3.8, 4) is 0 Å². The molecule has 2 N–H and O–H groups in total. The number of anilines is 1. The van der Waals surface area contributed by atoms with E-state index in [0.717, 1.165) is 11.8 Å². The van der Waals surface area contributed by atoms with Crippen molar-refractivity contribution in [2.45, 2.75) is 34.1 Å². The summed E-state index contributed by atoms with van der Waals surface area (Å²) in [5, 5.41) is 2.31. The van der Waals surface area contributed by atoms with Gasteiger partial charge in [0.1, 0.15) is 5.82 Å². The molecule has 0 amide bonds. The zero-order chi connectivity index (χ0) is 12.6. The number of nitrogens with zero attached hydrogens (tertiary/aromatic N) is 1. The molecular weight excluding hydrogens is 208 g/mol. The molecule has 0 unspecified atom stereocenters. The van der Waals surface area contributed by atoms with Gasteiger partial charge in [-0.25, -0.2) is 4.98 Å². The lowest BCUT2D eigenvalue weighted by Gasteiger charge is -2.15. The minimum atomic E-state index is 0.629. The average Bonchev–Trinajstić information content (AvgIpc) is 2.26. The number of hydrogen-bond donors (Lipinski definition) is 1. The van der Waals surface area contributed by atoms with E-state index in [2.05, 4.69) is 44.8 Å². The molecule has 0 aliphatic carbocycles. The maximum absolute atomic E-state index is 5.93. The van der Waals surface area contributed by atoms with Crippen LogP contribution in [0.4, 0.5) is 5.82 Å². The fourth-order valence-electron chi connectivity index (χ4n) is 2.45. The summed E-state index contributed by atoms with van der Waals surface area (Å²) in [7, 11) is 0. The van der Waals surface area contributed by atoms with Crippen LogP contribution in [0, 0.1) is 19.8 Å². The minimum absolute atomic E-state index is 0.629. The summed E-state index contributed by atoms with van der Waals surface area (Å²) >= 11 is 0. The van der Waals surface area contributed by atoms with Crippen LogP contribution in [0.3, 0.4) is 0 Å². The van der Waals surface area contributed by atoms with Crippen molar-refractivity contribution in [2.24, 2.45) is 5.92 Å². The number of fused-ring (bicyclic) bond motifs is 1. The number of rotatable bonds is 2. The number of nitrogens with two attached hydrogens (primary N) is 1. The molecule has 0 bridgehead atoms. The summed E-state index contributed by atoms with van der Waals surface area (Å²) in [5.41, 5.74) is 10.1. The van der Waals surface area contributed by atoms with Crippen molar-refractivity contribution in [1.82, 2.24) is 4.98 Å². The number of aryl methyl sites for hydroxylation is 2. The first-order valence-electron chi connectivity index (χ1n) is 6.14. The molecule has 2 heteroatoms. The Labute approximate surface area is 103 Å². The normalized spacial score (nSPS) is 11.4. The quantitative estimate of drug-likeness (QED) is 0.852. The van der Waals surface area contributed by atoms with Crippen LogP contribution in [0.1, 0.15) is 30.5 Å². The van der Waals surface area contributed by atoms with Crippen LogP contribution in [0.2, 0.25) is 0 Å². The summed E-state index contributed by atoms with van der Waals surface area (Å²) in [4.78, 5) is 4.16. The molecule has 1 aromatic carbocycles. The molecule has 17 heavy (non-hydrogen) atoms. The third-order valence-electron chi connectivity index (χ3n) is 3.33. The maximum Gasteiger partial charge on any atom is 0.131 e. The molecule has 0 saturated carbocycles. The van der Waals surface area contributed by atoms with Crippen molar-refractivity contribution >= 4 is 16.6 Å². The SMILES string of the molecule is Cc1cc2c(N)nccc2c(C)c1CC(C)C. The predicted octanol–water partition coefficient (Wildman–Crippen LogP) is 3.63. The standard InChI is InChI=1S/C15H20N2/c1-9(2)7-13-10(3)8-14-12(11(13)4)5-6-17-15(14)16/h5-6,8-9H,7H2,1-4H3,(H2,16,17). The van der Waals surface area contributed by atoms with E-state index in [0.29, 0.717) is 11.7 Å². The van der Waals surface area contributed by atoms with E-state index in [9.17, 15) is 0 Å². The van der Waals surface area contributed by atoms with Gasteiger partial charge < -0.3 is 5.73 Å². The van der Waals surface area contributed by atoms with Crippen molar-refractivity contribution in [3.05, 3.63) is 35.0 Å². The molecule has 1 aromatic heterocycles. The van der Waals surface area contributed by atoms with E-state index in [1.807, 2.05) is 0 Å². The summed E-state index contributed by atoms with van der Waals surface area (Å²) in [6, 6.07) is 4.23. The molecule has 0 saturated heterocycles. The van der Waals surface area contributed by atoms with Crippen molar-refractivity contribution in [1.29, 1.82) is 0 Å². The average molecular weight is 228 g/mol. The number of hydrogen-bond acceptors (Lipinski definition) is 2. The van der Waals surface area contributed by atoms with Crippen LogP contribution in [-0.2, 0) is 6.42 Å². The van der Waals surface area contributed by atoms with E-state index in [-0.39, 0.29) is 0 Å². The van der Waals surface area contributed by atoms with Gasteiger partial charge in [0.05, 0.1) is 0 Å². The van der Waals surface area contributed by atoms with Crippen LogP contribution in [0.5, 0.6) is 0 Å². The van der Waals surface area contributed by atoms with Crippen molar-refractivity contribution in [2.75, 3.05) is 5.73 Å². The molecule has 0 aliphatic rings. The Kier molecular flexibility index (Phi) is 3.05. The molecular formula is C15H20N2. The molecule has 0 fully saturated rings. The number of benzene rings is 1. The zero-order valence-electron chi connectivity index (χ0n) is 11.0. The van der Waals surface area contributed by atoms with E-state index in [1.54, 1.807) is 6.20 Å². The summed E-state index contributed by atoms with van der Waals surface area (Å²) in [6.07, 6.45) is 2.91. The van der Waals surface area contributed by atoms with Gasteiger partial charge >= 0.3 is 0 Å². The molecule has 0 spiro atoms. The van der Waals surface area contributed by atoms with Crippen LogP contribution >= 0.6 is 0 Å². The van der Waals surface area contributed by atoms with Gasteiger partial charge in [0.25, 0.3) is 0 Å². The van der Waals surface area contributed by atoms with Crippen LogP contribution < -0.4 is 5.73 Å². The second kappa shape index (κ2) is 4.36. The summed E-state index contributed by atoms with van der Waals surface area (Å²) in [6.45, 7) is 8.86. The molecule has 2 rings (SSSR count). The predicted molar refractivity (Wildman–Crippen MR) is 74.2 cm³/mol. The highest BCUT2D eigenvalue weighted by atomic mass is 14.8. The first kappa shape index (κ1) is 11.9. The van der Waals surface area contributed by atoms with Gasteiger partial charge in [-0.05, 0) is 60.4 Å². The van der Waals surface area contributed by atoms with E-state index < -0.39 is 0 Å². The van der Waals surface area contributed by atoms with Gasteiger partial charge in [-0.2, -0.15) is 0 Å². The fourth-order valence-corrected chi connectivity index (χ4v) is 2.45. The van der Waals surface area contributed by atoms with E-state index in [4.69, 9.17) is 5.73 Å². The Balaban J connectivity index is 2.72. The maximum atomic E-state index is 5.93. The highest BCUT2D eigenvalue weighted by molar-refractivity contribution is 5.94.